The van der Waals surface area contributed by atoms with Crippen LogP contribution >= 0.6 is 0 Å². The van der Waals surface area contributed by atoms with Crippen LogP contribution in [0.1, 0.15) is 63.0 Å². The highest BCUT2D eigenvalue weighted by molar-refractivity contribution is 5.19. The van der Waals surface area contributed by atoms with Gasteiger partial charge >= 0.3 is 0 Å². The van der Waals surface area contributed by atoms with Gasteiger partial charge < -0.3 is 14.5 Å². The van der Waals surface area contributed by atoms with Crippen LogP contribution in [0.3, 0.4) is 0 Å². The van der Waals surface area contributed by atoms with Crippen LogP contribution in [0.25, 0.3) is 0 Å². The van der Waals surface area contributed by atoms with Crippen molar-refractivity contribution in [2.75, 3.05) is 0 Å². The SMILES string of the molecule is Cc1cc(COC2CCCCC2)oc1CNC(C)C. The molecule has 1 aromatic heterocycles. The predicted octanol–water partition coefficient (Wildman–Crippen LogP) is 3.94. The van der Waals surface area contributed by atoms with Crippen LogP contribution in [-0.4, -0.2) is 12.1 Å². The van der Waals surface area contributed by atoms with Crippen LogP contribution in [-0.2, 0) is 17.9 Å². The van der Waals surface area contributed by atoms with Crippen molar-refractivity contribution in [3.05, 3.63) is 23.2 Å². The number of hydrogen-bond donors (Lipinski definition) is 1. The molecule has 1 fully saturated rings. The zero-order valence-corrected chi connectivity index (χ0v) is 12.5. The second-order valence-electron chi connectivity index (χ2n) is 5.93. The number of nitrogens with one attached hydrogen (secondary N) is 1. The van der Waals surface area contributed by atoms with Gasteiger partial charge in [0.05, 0.1) is 12.6 Å². The van der Waals surface area contributed by atoms with Crippen LogP contribution in [0.4, 0.5) is 0 Å². The summed E-state index contributed by atoms with van der Waals surface area (Å²) in [6, 6.07) is 2.59. The third-order valence-corrected chi connectivity index (χ3v) is 3.76. The molecule has 1 heterocycles. The second-order valence-corrected chi connectivity index (χ2v) is 5.93. The molecule has 2 rings (SSSR count). The Morgan fingerprint density at radius 1 is 1.32 bits per heavy atom. The maximum atomic E-state index is 5.95. The molecule has 1 N–H and O–H groups in total. The number of ether oxygens (including phenoxy) is 1. The van der Waals surface area contributed by atoms with Crippen LogP contribution in [0.5, 0.6) is 0 Å². The smallest absolute Gasteiger partial charge is 0.130 e. The molecule has 0 unspecified atom stereocenters. The van der Waals surface area contributed by atoms with E-state index in [4.69, 9.17) is 9.15 Å². The molecule has 0 amide bonds. The van der Waals surface area contributed by atoms with E-state index in [1.165, 1.54) is 37.7 Å². The Morgan fingerprint density at radius 3 is 2.74 bits per heavy atom. The lowest BCUT2D eigenvalue weighted by Crippen LogP contribution is -2.21. The van der Waals surface area contributed by atoms with Crippen LogP contribution in [0.15, 0.2) is 10.5 Å². The summed E-state index contributed by atoms with van der Waals surface area (Å²) in [5.41, 5.74) is 1.22. The summed E-state index contributed by atoms with van der Waals surface area (Å²) >= 11 is 0. The number of hydrogen-bond acceptors (Lipinski definition) is 3. The molecule has 0 saturated heterocycles. The summed E-state index contributed by atoms with van der Waals surface area (Å²) in [4.78, 5) is 0. The Balaban J connectivity index is 1.81. The Bertz CT molecular complexity index is 378. The fourth-order valence-corrected chi connectivity index (χ4v) is 2.57. The summed E-state index contributed by atoms with van der Waals surface area (Å²) in [5.74, 6) is 2.00. The third-order valence-electron chi connectivity index (χ3n) is 3.76. The molecule has 0 aliphatic heterocycles. The zero-order valence-electron chi connectivity index (χ0n) is 12.5. The molecule has 108 valence electrons. The molecule has 19 heavy (non-hydrogen) atoms. The van der Waals surface area contributed by atoms with Gasteiger partial charge in [0.15, 0.2) is 0 Å². The van der Waals surface area contributed by atoms with Crippen LogP contribution in [0.2, 0.25) is 0 Å². The quantitative estimate of drug-likeness (QED) is 0.846. The molecule has 0 atom stereocenters. The first-order valence-corrected chi connectivity index (χ1v) is 7.58. The summed E-state index contributed by atoms with van der Waals surface area (Å²) < 4.78 is 11.8. The van der Waals surface area contributed by atoms with Crippen molar-refractivity contribution in [2.24, 2.45) is 0 Å². The predicted molar refractivity (Wildman–Crippen MR) is 77.1 cm³/mol. The second kappa shape index (κ2) is 7.11. The van der Waals surface area contributed by atoms with Crippen molar-refractivity contribution in [1.29, 1.82) is 0 Å². The van der Waals surface area contributed by atoms with E-state index in [1.54, 1.807) is 0 Å². The first-order chi connectivity index (χ1) is 9.15. The van der Waals surface area contributed by atoms with Gasteiger partial charge in [-0.3, -0.25) is 0 Å². The standard InChI is InChI=1S/C16H27NO2/c1-12(2)17-10-16-13(3)9-15(19-16)11-18-14-7-5-4-6-8-14/h9,12,14,17H,4-8,10-11H2,1-3H3. The molecule has 3 heteroatoms. The normalized spacial score (nSPS) is 17.3. The Kier molecular flexibility index (Phi) is 5.46. The molecule has 0 radical (unpaired) electrons. The van der Waals surface area contributed by atoms with E-state index in [0.717, 1.165) is 18.1 Å². The minimum Gasteiger partial charge on any atom is -0.462 e. The summed E-state index contributed by atoms with van der Waals surface area (Å²) in [6.45, 7) is 7.81. The van der Waals surface area contributed by atoms with Gasteiger partial charge in [0, 0.05) is 6.04 Å². The van der Waals surface area contributed by atoms with Crippen LogP contribution in [0, 0.1) is 6.92 Å². The van der Waals surface area contributed by atoms with Gasteiger partial charge in [-0.1, -0.05) is 33.1 Å². The zero-order chi connectivity index (χ0) is 13.7. The minimum absolute atomic E-state index is 0.441. The molecule has 1 aromatic rings. The maximum absolute atomic E-state index is 5.95. The van der Waals surface area contributed by atoms with Crippen molar-refractivity contribution < 1.29 is 9.15 Å². The lowest BCUT2D eigenvalue weighted by molar-refractivity contribution is 0.00835. The van der Waals surface area contributed by atoms with E-state index in [-0.39, 0.29) is 0 Å². The monoisotopic (exact) mass is 265 g/mol. The fourth-order valence-electron chi connectivity index (χ4n) is 2.57. The van der Waals surface area contributed by atoms with Gasteiger partial charge in [0.25, 0.3) is 0 Å². The minimum atomic E-state index is 0.441. The van der Waals surface area contributed by atoms with Gasteiger partial charge in [0.2, 0.25) is 0 Å². The highest BCUT2D eigenvalue weighted by atomic mass is 16.5. The van der Waals surface area contributed by atoms with E-state index in [0.29, 0.717) is 18.8 Å². The van der Waals surface area contributed by atoms with Crippen molar-refractivity contribution in [3.63, 3.8) is 0 Å². The summed E-state index contributed by atoms with van der Waals surface area (Å²) in [7, 11) is 0. The molecule has 1 aliphatic rings. The molecule has 0 bridgehead atoms. The van der Waals surface area contributed by atoms with E-state index >= 15 is 0 Å². The molecule has 1 aliphatic carbocycles. The van der Waals surface area contributed by atoms with Gasteiger partial charge in [-0.2, -0.15) is 0 Å². The average molecular weight is 265 g/mol. The lowest BCUT2D eigenvalue weighted by Gasteiger charge is -2.21. The first-order valence-electron chi connectivity index (χ1n) is 7.58. The molecule has 0 aromatic carbocycles. The largest absolute Gasteiger partial charge is 0.462 e. The van der Waals surface area contributed by atoms with Gasteiger partial charge in [0.1, 0.15) is 18.1 Å². The maximum Gasteiger partial charge on any atom is 0.130 e. The summed E-state index contributed by atoms with van der Waals surface area (Å²) in [5, 5.41) is 3.39. The van der Waals surface area contributed by atoms with E-state index in [9.17, 15) is 0 Å². The highest BCUT2D eigenvalue weighted by Crippen LogP contribution is 2.22. The lowest BCUT2D eigenvalue weighted by atomic mass is 9.98. The van der Waals surface area contributed by atoms with Gasteiger partial charge in [-0.25, -0.2) is 0 Å². The van der Waals surface area contributed by atoms with Gasteiger partial charge in [-0.15, -0.1) is 0 Å². The molecule has 3 nitrogen and oxygen atoms in total. The number of rotatable bonds is 6. The van der Waals surface area contributed by atoms with Crippen LogP contribution < -0.4 is 5.32 Å². The molecular weight excluding hydrogens is 238 g/mol. The van der Waals surface area contributed by atoms with E-state index < -0.39 is 0 Å². The first kappa shape index (κ1) is 14.6. The number of aryl methyl sites for hydroxylation is 1. The molecular formula is C16H27NO2. The Morgan fingerprint density at radius 2 is 2.05 bits per heavy atom. The fraction of sp³-hybridized carbons (Fsp3) is 0.750. The average Bonchev–Trinajstić information content (AvgIpc) is 2.76. The van der Waals surface area contributed by atoms with Crippen molar-refractivity contribution >= 4 is 0 Å². The topological polar surface area (TPSA) is 34.4 Å². The summed E-state index contributed by atoms with van der Waals surface area (Å²) in [6.07, 6.45) is 6.85. The van der Waals surface area contributed by atoms with E-state index in [2.05, 4.69) is 32.2 Å². The Hall–Kier alpha value is -0.800. The Labute approximate surface area is 116 Å². The van der Waals surface area contributed by atoms with Crippen molar-refractivity contribution in [2.45, 2.75) is 78.2 Å². The van der Waals surface area contributed by atoms with Gasteiger partial charge in [-0.05, 0) is 31.4 Å². The van der Waals surface area contributed by atoms with E-state index in [1.807, 2.05) is 0 Å². The highest BCUT2D eigenvalue weighted by Gasteiger charge is 2.15. The number of furan rings is 1. The third kappa shape index (κ3) is 4.66. The van der Waals surface area contributed by atoms with Crippen molar-refractivity contribution in [1.82, 2.24) is 5.32 Å². The molecule has 1 saturated carbocycles. The van der Waals surface area contributed by atoms with Crippen molar-refractivity contribution in [3.8, 4) is 0 Å². The molecule has 0 spiro atoms.